The van der Waals surface area contributed by atoms with E-state index < -0.39 is 0 Å². The Bertz CT molecular complexity index is 944. The zero-order chi connectivity index (χ0) is 24.0. The fourth-order valence-electron chi connectivity index (χ4n) is 3.72. The van der Waals surface area contributed by atoms with Gasteiger partial charge in [-0.25, -0.2) is 4.79 Å². The van der Waals surface area contributed by atoms with Crippen LogP contribution in [0.15, 0.2) is 36.4 Å². The van der Waals surface area contributed by atoms with Gasteiger partial charge in [-0.3, -0.25) is 4.79 Å². The smallest absolute Gasteiger partial charge is 0.318 e. The molecule has 1 aliphatic rings. The van der Waals surface area contributed by atoms with Crippen LogP contribution < -0.4 is 10.2 Å². The molecule has 2 aromatic rings. The lowest BCUT2D eigenvalue weighted by Crippen LogP contribution is -2.55. The van der Waals surface area contributed by atoms with Crippen molar-refractivity contribution < 1.29 is 9.59 Å². The monoisotopic (exact) mass is 472 g/mol. The van der Waals surface area contributed by atoms with Gasteiger partial charge in [0.15, 0.2) is 5.82 Å². The molecule has 2 heterocycles. The lowest BCUT2D eigenvalue weighted by molar-refractivity contribution is -0.132. The highest BCUT2D eigenvalue weighted by molar-refractivity contribution is 6.33. The molecule has 0 spiro atoms. The van der Waals surface area contributed by atoms with Crippen molar-refractivity contribution in [3.8, 4) is 11.3 Å². The van der Waals surface area contributed by atoms with Crippen LogP contribution in [0.1, 0.15) is 34.1 Å². The molecule has 0 saturated carbocycles. The van der Waals surface area contributed by atoms with E-state index >= 15 is 0 Å². The Hall–Kier alpha value is -2.87. The van der Waals surface area contributed by atoms with Crippen molar-refractivity contribution in [2.24, 2.45) is 0 Å². The Morgan fingerprint density at radius 2 is 1.76 bits per heavy atom. The zero-order valence-corrected chi connectivity index (χ0v) is 20.5. The second-order valence-corrected chi connectivity index (χ2v) is 9.02. The molecule has 3 rings (SSSR count). The van der Waals surface area contributed by atoms with Crippen molar-refractivity contribution in [1.29, 1.82) is 0 Å². The van der Waals surface area contributed by atoms with Crippen molar-refractivity contribution in [2.75, 3.05) is 37.6 Å². The highest BCUT2D eigenvalue weighted by Gasteiger charge is 2.27. The molecule has 1 N–H and O–H groups in total. The number of benzene rings is 1. The molecule has 0 bridgehead atoms. The van der Waals surface area contributed by atoms with Crippen molar-refractivity contribution in [2.45, 2.75) is 46.2 Å². The van der Waals surface area contributed by atoms with Gasteiger partial charge in [0.1, 0.15) is 6.54 Å². The summed E-state index contributed by atoms with van der Waals surface area (Å²) in [6.07, 6.45) is 0.787. The minimum atomic E-state index is -0.194. The summed E-state index contributed by atoms with van der Waals surface area (Å²) in [5.41, 5.74) is 1.57. The van der Waals surface area contributed by atoms with E-state index in [-0.39, 0.29) is 30.6 Å². The highest BCUT2D eigenvalue weighted by Crippen LogP contribution is 2.26. The molecule has 1 saturated heterocycles. The number of amides is 3. The van der Waals surface area contributed by atoms with Crippen LogP contribution in [-0.2, 0) is 4.79 Å². The standard InChI is InChI=1S/C24H33ClN6O2/c1-5-18(4)31(24(33)26-17(2)3)16-23(32)30-14-12-29(13-15-30)22-11-10-21(27-28-22)19-8-6-7-9-20(19)25/h6-11,17-18H,5,12-16H2,1-4H3,(H,26,33)/t18-/m0/s1. The third-order valence-corrected chi connectivity index (χ3v) is 6.19. The topological polar surface area (TPSA) is 81.7 Å². The van der Waals surface area contributed by atoms with Crippen LogP contribution in [0, 0.1) is 0 Å². The quantitative estimate of drug-likeness (QED) is 0.665. The summed E-state index contributed by atoms with van der Waals surface area (Å²) < 4.78 is 0. The molecule has 3 amide bonds. The van der Waals surface area contributed by atoms with Crippen LogP contribution >= 0.6 is 11.6 Å². The first-order valence-corrected chi connectivity index (χ1v) is 11.9. The number of nitrogens with zero attached hydrogens (tertiary/aromatic N) is 5. The molecule has 9 heteroatoms. The number of urea groups is 1. The zero-order valence-electron chi connectivity index (χ0n) is 19.8. The van der Waals surface area contributed by atoms with Gasteiger partial charge in [0, 0.05) is 43.8 Å². The number of hydrogen-bond acceptors (Lipinski definition) is 5. The fourth-order valence-corrected chi connectivity index (χ4v) is 3.95. The minimum Gasteiger partial charge on any atom is -0.352 e. The Kier molecular flexibility index (Phi) is 8.49. The summed E-state index contributed by atoms with van der Waals surface area (Å²) >= 11 is 6.26. The van der Waals surface area contributed by atoms with E-state index in [4.69, 9.17) is 11.6 Å². The van der Waals surface area contributed by atoms with E-state index in [1.807, 2.05) is 69.0 Å². The molecule has 1 aliphatic heterocycles. The van der Waals surface area contributed by atoms with Gasteiger partial charge in [-0.05, 0) is 45.4 Å². The van der Waals surface area contributed by atoms with E-state index in [1.54, 1.807) is 4.90 Å². The number of carbonyl (C=O) groups excluding carboxylic acids is 2. The van der Waals surface area contributed by atoms with Crippen LogP contribution in [0.2, 0.25) is 5.02 Å². The van der Waals surface area contributed by atoms with Gasteiger partial charge in [-0.1, -0.05) is 36.7 Å². The second kappa shape index (κ2) is 11.3. The SMILES string of the molecule is CC[C@H](C)N(CC(=O)N1CCN(c2ccc(-c3ccccc3Cl)nn2)CC1)C(=O)NC(C)C. The molecular formula is C24H33ClN6O2. The van der Waals surface area contributed by atoms with E-state index in [2.05, 4.69) is 20.4 Å². The van der Waals surface area contributed by atoms with Gasteiger partial charge in [0.2, 0.25) is 5.91 Å². The predicted octanol–water partition coefficient (Wildman–Crippen LogP) is 3.66. The summed E-state index contributed by atoms with van der Waals surface area (Å²) in [4.78, 5) is 31.1. The normalized spacial score (nSPS) is 14.8. The molecule has 1 aromatic heterocycles. The lowest BCUT2D eigenvalue weighted by Gasteiger charge is -2.37. The van der Waals surface area contributed by atoms with Gasteiger partial charge in [0.05, 0.1) is 10.7 Å². The van der Waals surface area contributed by atoms with E-state index in [1.165, 1.54) is 0 Å². The van der Waals surface area contributed by atoms with E-state index in [0.29, 0.717) is 31.2 Å². The Balaban J connectivity index is 1.58. The maximum Gasteiger partial charge on any atom is 0.318 e. The van der Waals surface area contributed by atoms with Gasteiger partial charge in [-0.2, -0.15) is 0 Å². The van der Waals surface area contributed by atoms with Gasteiger partial charge in [0.25, 0.3) is 0 Å². The average molecular weight is 473 g/mol. The maximum atomic E-state index is 12.9. The predicted molar refractivity (Wildman–Crippen MR) is 131 cm³/mol. The Morgan fingerprint density at radius 1 is 1.06 bits per heavy atom. The van der Waals surface area contributed by atoms with Crippen molar-refractivity contribution in [3.63, 3.8) is 0 Å². The summed E-state index contributed by atoms with van der Waals surface area (Å²) in [7, 11) is 0. The molecule has 0 unspecified atom stereocenters. The molecule has 1 atom stereocenters. The molecule has 178 valence electrons. The average Bonchev–Trinajstić information content (AvgIpc) is 2.82. The van der Waals surface area contributed by atoms with Crippen molar-refractivity contribution in [1.82, 2.24) is 25.3 Å². The fraction of sp³-hybridized carbons (Fsp3) is 0.500. The van der Waals surface area contributed by atoms with Crippen LogP contribution in [-0.4, -0.2) is 76.7 Å². The second-order valence-electron chi connectivity index (χ2n) is 8.61. The molecule has 0 aliphatic carbocycles. The van der Waals surface area contributed by atoms with Crippen LogP contribution in [0.3, 0.4) is 0 Å². The summed E-state index contributed by atoms with van der Waals surface area (Å²) in [5, 5.41) is 12.3. The number of piperazine rings is 1. The third-order valence-electron chi connectivity index (χ3n) is 5.86. The van der Waals surface area contributed by atoms with Crippen LogP contribution in [0.4, 0.5) is 10.6 Å². The highest BCUT2D eigenvalue weighted by atomic mass is 35.5. The number of aromatic nitrogens is 2. The molecule has 1 aromatic carbocycles. The first-order valence-electron chi connectivity index (χ1n) is 11.5. The number of anilines is 1. The van der Waals surface area contributed by atoms with Crippen LogP contribution in [0.5, 0.6) is 0 Å². The number of hydrogen-bond donors (Lipinski definition) is 1. The summed E-state index contributed by atoms with van der Waals surface area (Å²) in [6.45, 7) is 10.4. The molecule has 33 heavy (non-hydrogen) atoms. The van der Waals surface area contributed by atoms with Gasteiger partial charge >= 0.3 is 6.03 Å². The molecule has 1 fully saturated rings. The molecule has 0 radical (unpaired) electrons. The molecular weight excluding hydrogens is 440 g/mol. The van der Waals surface area contributed by atoms with Crippen molar-refractivity contribution in [3.05, 3.63) is 41.4 Å². The first-order chi connectivity index (χ1) is 15.8. The van der Waals surface area contributed by atoms with E-state index in [0.717, 1.165) is 23.5 Å². The number of rotatable bonds is 7. The Labute approximate surface area is 200 Å². The van der Waals surface area contributed by atoms with Crippen LogP contribution in [0.25, 0.3) is 11.3 Å². The van der Waals surface area contributed by atoms with Gasteiger partial charge in [-0.15, -0.1) is 10.2 Å². The first kappa shape index (κ1) is 24.8. The minimum absolute atomic E-state index is 0.0131. The Morgan fingerprint density at radius 3 is 2.33 bits per heavy atom. The maximum absolute atomic E-state index is 12.9. The number of carbonyl (C=O) groups is 2. The summed E-state index contributed by atoms with van der Waals surface area (Å²) in [5.74, 6) is 0.740. The van der Waals surface area contributed by atoms with Gasteiger partial charge < -0.3 is 20.0 Å². The number of halogens is 1. The number of nitrogens with one attached hydrogen (secondary N) is 1. The largest absolute Gasteiger partial charge is 0.352 e. The summed E-state index contributed by atoms with van der Waals surface area (Å²) in [6, 6.07) is 11.2. The molecule has 8 nitrogen and oxygen atoms in total. The lowest BCUT2D eigenvalue weighted by atomic mass is 10.1. The van der Waals surface area contributed by atoms with E-state index in [9.17, 15) is 9.59 Å². The van der Waals surface area contributed by atoms with Crippen molar-refractivity contribution >= 4 is 29.4 Å². The third kappa shape index (κ3) is 6.35.